The normalized spacial score (nSPS) is 17.2. The zero-order chi connectivity index (χ0) is 25.1. The number of carboxylic acids is 1. The van der Waals surface area contributed by atoms with Crippen molar-refractivity contribution in [1.29, 1.82) is 0 Å². The highest BCUT2D eigenvalue weighted by molar-refractivity contribution is 6.00. The molecule has 1 fully saturated rings. The maximum absolute atomic E-state index is 13.6. The second-order valence-corrected chi connectivity index (χ2v) is 8.63. The standard InChI is InChI=1S/C27H24N4O5/c32-25(29-20-6-7-22-19(14-20)15-23(30-22)26(33)34)24-21(18-8-11-28-12-9-18)10-13-31(24)27(35)36-16-17-4-2-1-3-5-17/h1-9,11-12,14-15,21,24,30H,10,13,16H2,(H,29,32)(H,33,34)/t21-,24?/m1/s1. The van der Waals surface area contributed by atoms with Gasteiger partial charge in [-0.15, -0.1) is 0 Å². The molecule has 36 heavy (non-hydrogen) atoms. The van der Waals surface area contributed by atoms with Gasteiger partial charge in [-0.2, -0.15) is 0 Å². The van der Waals surface area contributed by atoms with Crippen molar-refractivity contribution in [2.75, 3.05) is 11.9 Å². The van der Waals surface area contributed by atoms with Crippen LogP contribution in [-0.4, -0.2) is 50.5 Å². The highest BCUT2D eigenvalue weighted by Gasteiger charge is 2.43. The molecule has 182 valence electrons. The number of likely N-dealkylation sites (tertiary alicyclic amines) is 1. The first-order valence-electron chi connectivity index (χ1n) is 11.5. The van der Waals surface area contributed by atoms with Crippen molar-refractivity contribution in [2.45, 2.75) is 25.0 Å². The Morgan fingerprint density at radius 3 is 2.58 bits per heavy atom. The van der Waals surface area contributed by atoms with Crippen molar-refractivity contribution in [1.82, 2.24) is 14.9 Å². The molecule has 0 spiro atoms. The van der Waals surface area contributed by atoms with Gasteiger partial charge in [0.1, 0.15) is 18.3 Å². The molecule has 2 atom stereocenters. The van der Waals surface area contributed by atoms with E-state index in [1.807, 2.05) is 42.5 Å². The predicted octanol–water partition coefficient (Wildman–Crippen LogP) is 4.39. The van der Waals surface area contributed by atoms with Crippen molar-refractivity contribution in [3.05, 3.63) is 95.9 Å². The fourth-order valence-corrected chi connectivity index (χ4v) is 4.63. The fraction of sp³-hybridized carbons (Fsp3) is 0.185. The van der Waals surface area contributed by atoms with E-state index < -0.39 is 18.1 Å². The number of carboxylic acid groups (broad SMARTS) is 1. The molecule has 0 radical (unpaired) electrons. The van der Waals surface area contributed by atoms with Crippen LogP contribution in [0.3, 0.4) is 0 Å². The summed E-state index contributed by atoms with van der Waals surface area (Å²) in [6, 6.07) is 18.9. The summed E-state index contributed by atoms with van der Waals surface area (Å²) in [5, 5.41) is 12.8. The number of carbonyl (C=O) groups excluding carboxylic acids is 2. The quantitative estimate of drug-likeness (QED) is 0.373. The van der Waals surface area contributed by atoms with E-state index in [2.05, 4.69) is 15.3 Å². The Balaban J connectivity index is 1.38. The smallest absolute Gasteiger partial charge is 0.410 e. The Bertz CT molecular complexity index is 1400. The number of nitrogens with one attached hydrogen (secondary N) is 2. The molecule has 0 saturated carbocycles. The molecule has 0 aliphatic carbocycles. The molecule has 0 bridgehead atoms. The van der Waals surface area contributed by atoms with Gasteiger partial charge in [0.25, 0.3) is 0 Å². The van der Waals surface area contributed by atoms with Crippen LogP contribution in [0.25, 0.3) is 10.9 Å². The van der Waals surface area contributed by atoms with Crippen LogP contribution in [0.1, 0.15) is 34.0 Å². The van der Waals surface area contributed by atoms with E-state index >= 15 is 0 Å². The van der Waals surface area contributed by atoms with Crippen molar-refractivity contribution in [2.24, 2.45) is 0 Å². The first-order valence-corrected chi connectivity index (χ1v) is 11.5. The number of amides is 2. The molecule has 3 heterocycles. The molecule has 5 rings (SSSR count). The van der Waals surface area contributed by atoms with Gasteiger partial charge in [-0.1, -0.05) is 30.3 Å². The molecule has 2 aromatic carbocycles. The minimum Gasteiger partial charge on any atom is -0.477 e. The lowest BCUT2D eigenvalue weighted by atomic mass is 9.92. The lowest BCUT2D eigenvalue weighted by Gasteiger charge is -2.27. The van der Waals surface area contributed by atoms with Gasteiger partial charge >= 0.3 is 12.1 Å². The number of ether oxygens (including phenoxy) is 1. The molecule has 3 N–H and O–H groups in total. The zero-order valence-electron chi connectivity index (χ0n) is 19.3. The molecular weight excluding hydrogens is 460 g/mol. The number of hydrogen-bond acceptors (Lipinski definition) is 5. The first-order chi connectivity index (χ1) is 17.5. The van der Waals surface area contributed by atoms with Crippen LogP contribution < -0.4 is 5.32 Å². The lowest BCUT2D eigenvalue weighted by Crippen LogP contribution is -2.45. The second kappa shape index (κ2) is 9.91. The number of aromatic carboxylic acids is 1. The fourth-order valence-electron chi connectivity index (χ4n) is 4.63. The number of anilines is 1. The van der Waals surface area contributed by atoms with Gasteiger partial charge in [-0.3, -0.25) is 14.7 Å². The number of fused-ring (bicyclic) bond motifs is 1. The molecule has 1 aliphatic heterocycles. The summed E-state index contributed by atoms with van der Waals surface area (Å²) in [4.78, 5) is 46.2. The molecule has 2 amide bonds. The number of nitrogens with zero attached hydrogens (tertiary/aromatic N) is 2. The van der Waals surface area contributed by atoms with E-state index in [-0.39, 0.29) is 24.1 Å². The minimum atomic E-state index is -1.06. The number of aromatic amines is 1. The van der Waals surface area contributed by atoms with Crippen LogP contribution >= 0.6 is 0 Å². The lowest BCUT2D eigenvalue weighted by molar-refractivity contribution is -0.120. The Morgan fingerprint density at radius 1 is 1.06 bits per heavy atom. The molecule has 9 heteroatoms. The van der Waals surface area contributed by atoms with Gasteiger partial charge in [0, 0.05) is 41.4 Å². The van der Waals surface area contributed by atoms with E-state index in [1.165, 1.54) is 11.0 Å². The molecular formula is C27H24N4O5. The summed E-state index contributed by atoms with van der Waals surface area (Å²) < 4.78 is 5.54. The summed E-state index contributed by atoms with van der Waals surface area (Å²) in [7, 11) is 0. The van der Waals surface area contributed by atoms with E-state index in [4.69, 9.17) is 4.74 Å². The van der Waals surface area contributed by atoms with Crippen molar-refractivity contribution in [3.63, 3.8) is 0 Å². The predicted molar refractivity (Wildman–Crippen MR) is 133 cm³/mol. The van der Waals surface area contributed by atoms with Gasteiger partial charge in [0.05, 0.1) is 0 Å². The maximum atomic E-state index is 13.6. The molecule has 4 aromatic rings. The monoisotopic (exact) mass is 484 g/mol. The zero-order valence-corrected chi connectivity index (χ0v) is 19.3. The van der Waals surface area contributed by atoms with Crippen LogP contribution in [0.2, 0.25) is 0 Å². The summed E-state index contributed by atoms with van der Waals surface area (Å²) in [5.74, 6) is -1.64. The maximum Gasteiger partial charge on any atom is 0.410 e. The number of aromatic nitrogens is 2. The number of pyridine rings is 1. The molecule has 1 unspecified atom stereocenters. The Hall–Kier alpha value is -4.66. The van der Waals surface area contributed by atoms with Crippen molar-refractivity contribution < 1.29 is 24.2 Å². The largest absolute Gasteiger partial charge is 0.477 e. The number of hydrogen-bond donors (Lipinski definition) is 3. The molecule has 1 saturated heterocycles. The van der Waals surface area contributed by atoms with Crippen molar-refractivity contribution in [3.8, 4) is 0 Å². The van der Waals surface area contributed by atoms with Gasteiger partial charge in [0.15, 0.2) is 0 Å². The highest BCUT2D eigenvalue weighted by Crippen LogP contribution is 2.35. The van der Waals surface area contributed by atoms with Crippen LogP contribution in [0.5, 0.6) is 0 Å². The SMILES string of the molecule is O=C(O)c1cc2cc(NC(=O)C3[C@@H](c4ccncc4)CCN3C(=O)OCc3ccccc3)ccc2[nH]1. The van der Waals surface area contributed by atoms with Gasteiger partial charge < -0.3 is 20.1 Å². The highest BCUT2D eigenvalue weighted by atomic mass is 16.6. The average Bonchev–Trinajstić information content (AvgIpc) is 3.53. The second-order valence-electron chi connectivity index (χ2n) is 8.63. The molecule has 9 nitrogen and oxygen atoms in total. The number of carbonyl (C=O) groups is 3. The minimum absolute atomic E-state index is 0.0642. The van der Waals surface area contributed by atoms with E-state index in [0.29, 0.717) is 29.6 Å². The summed E-state index contributed by atoms with van der Waals surface area (Å²) in [6.45, 7) is 0.484. The first kappa shape index (κ1) is 23.1. The van der Waals surface area contributed by atoms with Crippen molar-refractivity contribution >= 4 is 34.6 Å². The average molecular weight is 485 g/mol. The summed E-state index contributed by atoms with van der Waals surface area (Å²) in [6.07, 6.45) is 3.38. The van der Waals surface area contributed by atoms with E-state index in [9.17, 15) is 19.5 Å². The topological polar surface area (TPSA) is 125 Å². The van der Waals surface area contributed by atoms with Crippen LogP contribution in [0.15, 0.2) is 79.1 Å². The Kier molecular flexibility index (Phi) is 6.36. The van der Waals surface area contributed by atoms with Crippen LogP contribution in [-0.2, 0) is 16.1 Å². The Morgan fingerprint density at radius 2 is 1.83 bits per heavy atom. The Labute approximate surface area is 206 Å². The van der Waals surface area contributed by atoms with Crippen LogP contribution in [0, 0.1) is 0 Å². The number of benzene rings is 2. The molecule has 2 aromatic heterocycles. The van der Waals surface area contributed by atoms with E-state index in [0.717, 1.165) is 11.1 Å². The van der Waals surface area contributed by atoms with Gasteiger partial charge in [-0.05, 0) is 53.9 Å². The number of H-pyrrole nitrogens is 1. The number of rotatable bonds is 6. The summed E-state index contributed by atoms with van der Waals surface area (Å²) in [5.41, 5.74) is 2.98. The summed E-state index contributed by atoms with van der Waals surface area (Å²) >= 11 is 0. The van der Waals surface area contributed by atoms with E-state index in [1.54, 1.807) is 30.6 Å². The third-order valence-electron chi connectivity index (χ3n) is 6.36. The third kappa shape index (κ3) is 4.76. The molecule has 1 aliphatic rings. The van der Waals surface area contributed by atoms with Gasteiger partial charge in [0.2, 0.25) is 5.91 Å². The van der Waals surface area contributed by atoms with Gasteiger partial charge in [-0.25, -0.2) is 9.59 Å². The third-order valence-corrected chi connectivity index (χ3v) is 6.36. The van der Waals surface area contributed by atoms with Crippen LogP contribution in [0.4, 0.5) is 10.5 Å².